The molecule has 0 aromatic heterocycles. The summed E-state index contributed by atoms with van der Waals surface area (Å²) in [6.45, 7) is 9.55. The lowest BCUT2D eigenvalue weighted by atomic mass is 9.93. The third kappa shape index (κ3) is 9.87. The molecule has 0 saturated carbocycles. The molecule has 1 unspecified atom stereocenters. The van der Waals surface area contributed by atoms with E-state index in [4.69, 9.17) is 4.74 Å². The Labute approximate surface area is 217 Å². The van der Waals surface area contributed by atoms with Crippen molar-refractivity contribution in [3.63, 3.8) is 0 Å². The Morgan fingerprint density at radius 1 is 1.26 bits per heavy atom. The van der Waals surface area contributed by atoms with Crippen LogP contribution in [0.5, 0.6) is 0 Å². The summed E-state index contributed by atoms with van der Waals surface area (Å²) in [7, 11) is -1.79. The fourth-order valence-corrected chi connectivity index (χ4v) is 4.20. The monoisotopic (exact) mass is 566 g/mol. The van der Waals surface area contributed by atoms with Gasteiger partial charge in [-0.1, -0.05) is 41.1 Å². The molecule has 0 bridgehead atoms. The molecule has 1 aromatic carbocycles. The van der Waals surface area contributed by atoms with E-state index in [-0.39, 0.29) is 5.96 Å². The third-order valence-electron chi connectivity index (χ3n) is 5.12. The second-order valence-electron chi connectivity index (χ2n) is 8.01. The molecule has 0 radical (unpaired) electrons. The maximum absolute atomic E-state index is 11.7. The quantitative estimate of drug-likeness (QED) is 0.168. The van der Waals surface area contributed by atoms with Gasteiger partial charge in [0.15, 0.2) is 0 Å². The highest BCUT2D eigenvalue weighted by molar-refractivity contribution is 9.11. The van der Waals surface area contributed by atoms with Crippen LogP contribution in [0.15, 0.2) is 68.2 Å². The van der Waals surface area contributed by atoms with Crippen LogP contribution in [0.1, 0.15) is 33.1 Å². The first kappa shape index (κ1) is 28.6. The number of nitrogens with zero attached hydrogens (tertiary/aromatic N) is 2. The van der Waals surface area contributed by atoms with E-state index in [1.54, 1.807) is 31.4 Å². The number of anilines is 2. The molecule has 0 heterocycles. The number of allylic oxidation sites excluding steroid dienone is 4. The number of para-hydroxylation sites is 2. The van der Waals surface area contributed by atoms with Crippen molar-refractivity contribution < 1.29 is 13.2 Å². The summed E-state index contributed by atoms with van der Waals surface area (Å²) < 4.78 is 32.3. The molecule has 192 valence electrons. The van der Waals surface area contributed by atoms with Crippen molar-refractivity contribution in [1.29, 1.82) is 0 Å². The Kier molecular flexibility index (Phi) is 11.5. The second-order valence-corrected chi connectivity index (χ2v) is 10.9. The van der Waals surface area contributed by atoms with E-state index in [0.29, 0.717) is 27.6 Å². The van der Waals surface area contributed by atoms with Gasteiger partial charge in [0.05, 0.1) is 30.4 Å². The highest BCUT2D eigenvalue weighted by Crippen LogP contribution is 2.27. The lowest BCUT2D eigenvalue weighted by Crippen LogP contribution is -2.25. The Balaban J connectivity index is 2.20. The van der Waals surface area contributed by atoms with Gasteiger partial charge in [0.1, 0.15) is 11.6 Å². The molecular formula is C24H35BrN6O3S. The molecule has 1 aliphatic rings. The molecule has 11 heteroatoms. The van der Waals surface area contributed by atoms with Crippen LogP contribution in [0.25, 0.3) is 0 Å². The van der Waals surface area contributed by atoms with Gasteiger partial charge in [-0.25, -0.2) is 13.4 Å². The number of rotatable bonds is 12. The van der Waals surface area contributed by atoms with E-state index in [1.165, 1.54) is 0 Å². The van der Waals surface area contributed by atoms with Crippen molar-refractivity contribution in [3.8, 4) is 0 Å². The van der Waals surface area contributed by atoms with Gasteiger partial charge < -0.3 is 20.7 Å². The number of halogens is 1. The van der Waals surface area contributed by atoms with E-state index < -0.39 is 10.0 Å². The standard InChI is InChI=1S/C24H35BrN6O3S/c1-6-27-15-9-10-18-13-14-21(22(16-18)34-4)29-24(26-3)30-23(17(2)25)28-19-11-7-8-12-20(19)31-35(5,32)33/h7-8,11-14,18,27-28,31H,3,6,9-10,15-16H2,1-2,4-5H3,(H,29,30)/b23-17+. The first-order chi connectivity index (χ1) is 16.7. The van der Waals surface area contributed by atoms with Crippen molar-refractivity contribution >= 4 is 50.0 Å². The summed E-state index contributed by atoms with van der Waals surface area (Å²) in [5.41, 5.74) is 1.71. The van der Waals surface area contributed by atoms with Crippen molar-refractivity contribution in [2.75, 3.05) is 36.5 Å². The van der Waals surface area contributed by atoms with E-state index in [9.17, 15) is 8.42 Å². The Bertz CT molecular complexity index is 1110. The van der Waals surface area contributed by atoms with Crippen LogP contribution in [0.2, 0.25) is 0 Å². The van der Waals surface area contributed by atoms with Gasteiger partial charge in [-0.15, -0.1) is 0 Å². The maximum Gasteiger partial charge on any atom is 0.229 e. The molecule has 0 amide bonds. The van der Waals surface area contributed by atoms with Crippen molar-refractivity contribution in [2.24, 2.45) is 15.9 Å². The summed E-state index contributed by atoms with van der Waals surface area (Å²) in [5.74, 6) is 1.93. The van der Waals surface area contributed by atoms with Gasteiger partial charge in [0, 0.05) is 10.9 Å². The summed E-state index contributed by atoms with van der Waals surface area (Å²) >= 11 is 3.46. The van der Waals surface area contributed by atoms with E-state index in [0.717, 1.165) is 50.1 Å². The minimum Gasteiger partial charge on any atom is -0.499 e. The number of hydrogen-bond donors (Lipinski definition) is 4. The average Bonchev–Trinajstić information content (AvgIpc) is 2.81. The molecule has 0 aliphatic heterocycles. The molecule has 1 atom stereocenters. The van der Waals surface area contributed by atoms with Gasteiger partial charge in [0.25, 0.3) is 0 Å². The van der Waals surface area contributed by atoms with Gasteiger partial charge in [-0.2, -0.15) is 4.99 Å². The normalized spacial score (nSPS) is 17.1. The molecule has 4 N–H and O–H groups in total. The topological polar surface area (TPSA) is 116 Å². The van der Waals surface area contributed by atoms with Crippen LogP contribution in [0.4, 0.5) is 11.4 Å². The number of nitrogens with one attached hydrogen (secondary N) is 4. The SMILES string of the molecule is C=NC(=N/C(Nc1ccccc1NS(C)(=O)=O)=C(\C)Br)NC1=C(OC)CC(CCCNCC)C=C1. The predicted molar refractivity (Wildman–Crippen MR) is 149 cm³/mol. The molecular weight excluding hydrogens is 532 g/mol. The second kappa shape index (κ2) is 14.1. The van der Waals surface area contributed by atoms with E-state index in [1.807, 2.05) is 13.0 Å². The predicted octanol–water partition coefficient (Wildman–Crippen LogP) is 4.52. The molecule has 9 nitrogen and oxygen atoms in total. The number of ether oxygens (including phenoxy) is 1. The number of methoxy groups -OCH3 is 1. The zero-order valence-corrected chi connectivity index (χ0v) is 23.1. The third-order valence-corrected chi connectivity index (χ3v) is 6.09. The van der Waals surface area contributed by atoms with Gasteiger partial charge in [-0.3, -0.25) is 4.72 Å². The lowest BCUT2D eigenvalue weighted by molar-refractivity contribution is 0.256. The number of hydrogen-bond acceptors (Lipinski definition) is 6. The average molecular weight is 568 g/mol. The fraction of sp³-hybridized carbons (Fsp3) is 0.417. The molecule has 35 heavy (non-hydrogen) atoms. The van der Waals surface area contributed by atoms with Crippen molar-refractivity contribution in [3.05, 3.63) is 58.2 Å². The first-order valence-electron chi connectivity index (χ1n) is 11.4. The van der Waals surface area contributed by atoms with E-state index >= 15 is 0 Å². The molecule has 2 rings (SSSR count). The van der Waals surface area contributed by atoms with Crippen LogP contribution < -0.4 is 20.7 Å². The molecule has 0 fully saturated rings. The number of sulfonamides is 1. The number of benzene rings is 1. The molecule has 0 spiro atoms. The van der Waals surface area contributed by atoms with Crippen molar-refractivity contribution in [1.82, 2.24) is 10.6 Å². The molecule has 0 saturated heterocycles. The molecule has 1 aromatic rings. The Hall–Kier alpha value is -2.63. The Morgan fingerprint density at radius 3 is 2.57 bits per heavy atom. The highest BCUT2D eigenvalue weighted by atomic mass is 79.9. The minimum atomic E-state index is -3.45. The van der Waals surface area contributed by atoms with E-state index in [2.05, 4.69) is 66.3 Å². The smallest absolute Gasteiger partial charge is 0.229 e. The van der Waals surface area contributed by atoms with Gasteiger partial charge >= 0.3 is 0 Å². The Morgan fingerprint density at radius 2 is 1.97 bits per heavy atom. The van der Waals surface area contributed by atoms with Gasteiger partial charge in [-0.05, 0) is 63.7 Å². The summed E-state index contributed by atoms with van der Waals surface area (Å²) in [6, 6.07) is 6.95. The minimum absolute atomic E-state index is 0.264. The number of aliphatic imine (C=N–C) groups is 2. The van der Waals surface area contributed by atoms with Crippen LogP contribution in [-0.4, -0.2) is 47.5 Å². The maximum atomic E-state index is 11.7. The van der Waals surface area contributed by atoms with Crippen LogP contribution in [0, 0.1) is 5.92 Å². The lowest BCUT2D eigenvalue weighted by Gasteiger charge is -2.22. The zero-order valence-electron chi connectivity index (χ0n) is 20.7. The van der Waals surface area contributed by atoms with Crippen LogP contribution in [0.3, 0.4) is 0 Å². The summed E-state index contributed by atoms with van der Waals surface area (Å²) in [5, 5.41) is 9.71. The first-order valence-corrected chi connectivity index (χ1v) is 14.0. The van der Waals surface area contributed by atoms with Gasteiger partial charge in [0.2, 0.25) is 16.0 Å². The van der Waals surface area contributed by atoms with Crippen molar-refractivity contribution in [2.45, 2.75) is 33.1 Å². The highest BCUT2D eigenvalue weighted by Gasteiger charge is 2.18. The molecule has 1 aliphatic carbocycles. The fourth-order valence-electron chi connectivity index (χ4n) is 3.44. The number of guanidine groups is 1. The van der Waals surface area contributed by atoms with Crippen LogP contribution >= 0.6 is 15.9 Å². The summed E-state index contributed by atoms with van der Waals surface area (Å²) in [4.78, 5) is 8.60. The largest absolute Gasteiger partial charge is 0.499 e. The van der Waals surface area contributed by atoms with Crippen LogP contribution in [-0.2, 0) is 14.8 Å². The summed E-state index contributed by atoms with van der Waals surface area (Å²) in [6.07, 6.45) is 8.23. The zero-order chi connectivity index (χ0) is 25.8.